The van der Waals surface area contributed by atoms with Gasteiger partial charge in [-0.3, -0.25) is 4.79 Å². The summed E-state index contributed by atoms with van der Waals surface area (Å²) in [5, 5.41) is 2.75. The van der Waals surface area contributed by atoms with Gasteiger partial charge < -0.3 is 10.1 Å². The van der Waals surface area contributed by atoms with Crippen LogP contribution in [0.25, 0.3) is 0 Å². The Morgan fingerprint density at radius 1 is 1.33 bits per heavy atom. The molecule has 18 heavy (non-hydrogen) atoms. The van der Waals surface area contributed by atoms with Gasteiger partial charge in [-0.05, 0) is 29.2 Å². The summed E-state index contributed by atoms with van der Waals surface area (Å²) in [5.41, 5.74) is 1.10. The highest BCUT2D eigenvalue weighted by molar-refractivity contribution is 6.03. The van der Waals surface area contributed by atoms with Crippen LogP contribution in [0.4, 0.5) is 14.5 Å². The predicted molar refractivity (Wildman–Crippen MR) is 63.9 cm³/mol. The van der Waals surface area contributed by atoms with Gasteiger partial charge in [0.25, 0.3) is 0 Å². The number of alkyl halides is 2. The second kappa shape index (κ2) is 4.23. The molecule has 1 N–H and O–H groups in total. The van der Waals surface area contributed by atoms with Crippen LogP contribution >= 0.6 is 0 Å². The Kier molecular flexibility index (Phi) is 3.00. The number of benzene rings is 1. The van der Waals surface area contributed by atoms with Crippen LogP contribution in [-0.2, 0) is 4.79 Å². The fourth-order valence-electron chi connectivity index (χ4n) is 2.28. The lowest BCUT2D eigenvalue weighted by molar-refractivity contribution is -0.119. The first-order valence-electron chi connectivity index (χ1n) is 5.68. The third-order valence-corrected chi connectivity index (χ3v) is 2.95. The molecule has 0 saturated heterocycles. The van der Waals surface area contributed by atoms with Crippen LogP contribution in [0.3, 0.4) is 0 Å². The number of carbonyl (C=O) groups is 1. The van der Waals surface area contributed by atoms with Crippen molar-refractivity contribution in [2.24, 2.45) is 5.41 Å². The molecule has 0 radical (unpaired) electrons. The van der Waals surface area contributed by atoms with E-state index in [0.29, 0.717) is 11.3 Å². The maximum atomic E-state index is 12.2. The minimum absolute atomic E-state index is 0.0782. The van der Waals surface area contributed by atoms with Crippen molar-refractivity contribution in [1.29, 1.82) is 0 Å². The normalized spacial score (nSPS) is 18.8. The van der Waals surface area contributed by atoms with Crippen molar-refractivity contribution in [2.75, 3.05) is 5.32 Å². The molecule has 5 heteroatoms. The summed E-state index contributed by atoms with van der Waals surface area (Å²) in [6, 6.07) is 4.53. The summed E-state index contributed by atoms with van der Waals surface area (Å²) < 4.78 is 28.7. The lowest BCUT2D eigenvalue weighted by Gasteiger charge is -2.25. The maximum absolute atomic E-state index is 12.2. The molecule has 1 aromatic rings. The molecule has 3 nitrogen and oxygen atoms in total. The van der Waals surface area contributed by atoms with Crippen LogP contribution in [0.2, 0.25) is 0 Å². The predicted octanol–water partition coefficient (Wildman–Crippen LogP) is 3.37. The Bertz CT molecular complexity index is 480. The molecule has 1 aromatic carbocycles. The second-order valence-electron chi connectivity index (χ2n) is 5.42. The quantitative estimate of drug-likeness (QED) is 0.879. The SMILES string of the molecule is CC(C)(C)C1C(=O)Nc2ccc(OC(F)F)cc21. The van der Waals surface area contributed by atoms with E-state index in [1.807, 2.05) is 20.8 Å². The molecule has 2 rings (SSSR count). The molecule has 1 aliphatic heterocycles. The number of carbonyl (C=O) groups excluding carboxylic acids is 1. The molecule has 0 bridgehead atoms. The summed E-state index contributed by atoms with van der Waals surface area (Å²) in [4.78, 5) is 11.9. The van der Waals surface area contributed by atoms with Crippen molar-refractivity contribution in [3.63, 3.8) is 0 Å². The average molecular weight is 255 g/mol. The van der Waals surface area contributed by atoms with Crippen molar-refractivity contribution in [3.8, 4) is 5.75 Å². The second-order valence-corrected chi connectivity index (χ2v) is 5.42. The highest BCUT2D eigenvalue weighted by Crippen LogP contribution is 2.44. The first kappa shape index (κ1) is 12.8. The van der Waals surface area contributed by atoms with E-state index in [2.05, 4.69) is 10.1 Å². The summed E-state index contributed by atoms with van der Waals surface area (Å²) >= 11 is 0. The number of anilines is 1. The summed E-state index contributed by atoms with van der Waals surface area (Å²) in [6.45, 7) is 2.95. The zero-order valence-corrected chi connectivity index (χ0v) is 10.5. The molecule has 0 saturated carbocycles. The fraction of sp³-hybridized carbons (Fsp3) is 0.462. The van der Waals surface area contributed by atoms with E-state index in [9.17, 15) is 13.6 Å². The van der Waals surface area contributed by atoms with Crippen molar-refractivity contribution < 1.29 is 18.3 Å². The van der Waals surface area contributed by atoms with E-state index in [4.69, 9.17) is 0 Å². The zero-order valence-electron chi connectivity index (χ0n) is 10.5. The van der Waals surface area contributed by atoms with Crippen molar-refractivity contribution in [2.45, 2.75) is 33.3 Å². The highest BCUT2D eigenvalue weighted by Gasteiger charge is 2.39. The molecule has 0 spiro atoms. The van der Waals surface area contributed by atoms with Gasteiger partial charge in [-0.25, -0.2) is 0 Å². The standard InChI is InChI=1S/C13H15F2NO2/c1-13(2,3)10-8-6-7(18-12(14)15)4-5-9(8)16-11(10)17/h4-6,10,12H,1-3H3,(H,16,17). The number of amides is 1. The topological polar surface area (TPSA) is 38.3 Å². The molecule has 1 atom stereocenters. The monoisotopic (exact) mass is 255 g/mol. The molecule has 98 valence electrons. The van der Waals surface area contributed by atoms with Gasteiger partial charge >= 0.3 is 6.61 Å². The fourth-order valence-corrected chi connectivity index (χ4v) is 2.28. The summed E-state index contributed by atoms with van der Waals surface area (Å²) in [6.07, 6.45) is 0. The minimum Gasteiger partial charge on any atom is -0.435 e. The van der Waals surface area contributed by atoms with Crippen LogP contribution < -0.4 is 10.1 Å². The third-order valence-electron chi connectivity index (χ3n) is 2.95. The number of nitrogens with one attached hydrogen (secondary N) is 1. The Hall–Kier alpha value is -1.65. The van der Waals surface area contributed by atoms with E-state index in [0.717, 1.165) is 0 Å². The van der Waals surface area contributed by atoms with E-state index < -0.39 is 6.61 Å². The number of rotatable bonds is 2. The number of halogens is 2. The third kappa shape index (κ3) is 2.30. The van der Waals surface area contributed by atoms with Gasteiger partial charge in [-0.1, -0.05) is 20.8 Å². The van der Waals surface area contributed by atoms with Gasteiger partial charge in [-0.15, -0.1) is 0 Å². The molecule has 0 aromatic heterocycles. The Balaban J connectivity index is 2.40. The van der Waals surface area contributed by atoms with Crippen LogP contribution in [0.15, 0.2) is 18.2 Å². The van der Waals surface area contributed by atoms with Gasteiger partial charge in [0, 0.05) is 5.69 Å². The van der Waals surface area contributed by atoms with Gasteiger partial charge in [-0.2, -0.15) is 8.78 Å². The number of fused-ring (bicyclic) bond motifs is 1. The molecule has 1 unspecified atom stereocenters. The van der Waals surface area contributed by atoms with E-state index in [-0.39, 0.29) is 23.0 Å². The number of ether oxygens (including phenoxy) is 1. The minimum atomic E-state index is -2.86. The molecular weight excluding hydrogens is 240 g/mol. The zero-order chi connectivity index (χ0) is 13.5. The van der Waals surface area contributed by atoms with E-state index >= 15 is 0 Å². The lowest BCUT2D eigenvalue weighted by Crippen LogP contribution is -2.25. The first-order chi connectivity index (χ1) is 8.29. The molecule has 0 aliphatic carbocycles. The molecule has 1 amide bonds. The molecule has 1 aliphatic rings. The van der Waals surface area contributed by atoms with Crippen molar-refractivity contribution in [1.82, 2.24) is 0 Å². The lowest BCUT2D eigenvalue weighted by atomic mass is 9.77. The first-order valence-corrected chi connectivity index (χ1v) is 5.68. The number of hydrogen-bond acceptors (Lipinski definition) is 2. The molecule has 1 heterocycles. The van der Waals surface area contributed by atoms with Crippen LogP contribution in [0.1, 0.15) is 32.3 Å². The van der Waals surface area contributed by atoms with Crippen molar-refractivity contribution >= 4 is 11.6 Å². The summed E-state index contributed by atoms with van der Waals surface area (Å²) in [5.74, 6) is -0.380. The van der Waals surface area contributed by atoms with Gasteiger partial charge in [0.2, 0.25) is 5.91 Å². The largest absolute Gasteiger partial charge is 0.435 e. The Morgan fingerprint density at radius 3 is 2.56 bits per heavy atom. The Labute approximate surface area is 104 Å². The highest BCUT2D eigenvalue weighted by atomic mass is 19.3. The Morgan fingerprint density at radius 2 is 2.00 bits per heavy atom. The summed E-state index contributed by atoms with van der Waals surface area (Å²) in [7, 11) is 0. The van der Waals surface area contributed by atoms with Crippen molar-refractivity contribution in [3.05, 3.63) is 23.8 Å². The molecular formula is C13H15F2NO2. The van der Waals surface area contributed by atoms with Gasteiger partial charge in [0.05, 0.1) is 5.92 Å². The van der Waals surface area contributed by atoms with Gasteiger partial charge in [0.1, 0.15) is 5.75 Å². The number of hydrogen-bond donors (Lipinski definition) is 1. The van der Waals surface area contributed by atoms with Crippen LogP contribution in [0, 0.1) is 5.41 Å². The molecule has 0 fully saturated rings. The average Bonchev–Trinajstić information content (AvgIpc) is 2.51. The van der Waals surface area contributed by atoms with Crippen LogP contribution in [0.5, 0.6) is 5.75 Å². The van der Waals surface area contributed by atoms with Gasteiger partial charge in [0.15, 0.2) is 0 Å². The maximum Gasteiger partial charge on any atom is 0.387 e. The smallest absolute Gasteiger partial charge is 0.387 e. The van der Waals surface area contributed by atoms with E-state index in [1.54, 1.807) is 6.07 Å². The van der Waals surface area contributed by atoms with E-state index in [1.165, 1.54) is 12.1 Å². The van der Waals surface area contributed by atoms with Crippen LogP contribution in [-0.4, -0.2) is 12.5 Å².